The van der Waals surface area contributed by atoms with Gasteiger partial charge in [0.25, 0.3) is 5.91 Å². The third kappa shape index (κ3) is 4.99. The third-order valence-electron chi connectivity index (χ3n) is 6.37. The van der Waals surface area contributed by atoms with E-state index in [1.54, 1.807) is 0 Å². The van der Waals surface area contributed by atoms with Crippen LogP contribution in [0.3, 0.4) is 0 Å². The highest BCUT2D eigenvalue weighted by atomic mass is 19.1. The van der Waals surface area contributed by atoms with Crippen LogP contribution in [0.15, 0.2) is 24.3 Å². The number of rotatable bonds is 10. The molecule has 1 aromatic carbocycles. The van der Waals surface area contributed by atoms with E-state index in [2.05, 4.69) is 36.4 Å². The van der Waals surface area contributed by atoms with Crippen molar-refractivity contribution in [3.63, 3.8) is 0 Å². The summed E-state index contributed by atoms with van der Waals surface area (Å²) in [5.74, 6) is -0.293. The molecule has 3 aromatic rings. The molecule has 0 aliphatic heterocycles. The number of primary amides is 1. The monoisotopic (exact) mass is 467 g/mol. The molecule has 2 atom stereocenters. The van der Waals surface area contributed by atoms with E-state index < -0.39 is 11.7 Å². The fourth-order valence-electron chi connectivity index (χ4n) is 4.25. The van der Waals surface area contributed by atoms with Crippen molar-refractivity contribution in [2.45, 2.75) is 71.5 Å². The van der Waals surface area contributed by atoms with Gasteiger partial charge >= 0.3 is 0 Å². The lowest BCUT2D eigenvalue weighted by molar-refractivity contribution is 0.100. The number of aryl methyl sites for hydroxylation is 1. The minimum atomic E-state index is -0.759. The van der Waals surface area contributed by atoms with Crippen molar-refractivity contribution in [3.05, 3.63) is 41.3 Å². The molecule has 2 aromatic heterocycles. The van der Waals surface area contributed by atoms with E-state index in [9.17, 15) is 9.18 Å². The molecule has 9 heteroatoms. The zero-order chi connectivity index (χ0) is 24.6. The quantitative estimate of drug-likeness (QED) is 0.348. The number of amides is 1. The van der Waals surface area contributed by atoms with E-state index in [0.717, 1.165) is 35.6 Å². The van der Waals surface area contributed by atoms with E-state index in [1.807, 2.05) is 29.8 Å². The van der Waals surface area contributed by atoms with E-state index in [0.29, 0.717) is 11.6 Å². The minimum absolute atomic E-state index is 0.0176. The highest BCUT2D eigenvalue weighted by molar-refractivity contribution is 5.99. The summed E-state index contributed by atoms with van der Waals surface area (Å²) < 4.78 is 16.9. The highest BCUT2D eigenvalue weighted by Crippen LogP contribution is 2.35. The van der Waals surface area contributed by atoms with Gasteiger partial charge in [-0.25, -0.2) is 9.37 Å². The molecule has 8 nitrogen and oxygen atoms in total. The Morgan fingerprint density at radius 2 is 1.97 bits per heavy atom. The number of nitrogens with one attached hydrogen (secondary N) is 2. The first-order valence-electron chi connectivity index (χ1n) is 12.0. The maximum atomic E-state index is 14.9. The van der Waals surface area contributed by atoms with Crippen molar-refractivity contribution in [2.75, 3.05) is 10.6 Å². The van der Waals surface area contributed by atoms with Gasteiger partial charge in [-0.05, 0) is 56.4 Å². The first-order chi connectivity index (χ1) is 16.2. The fourth-order valence-corrected chi connectivity index (χ4v) is 4.25. The number of carbonyl (C=O) groups excluding carboxylic acids is 1. The van der Waals surface area contributed by atoms with Crippen molar-refractivity contribution < 1.29 is 9.18 Å². The number of nitrogens with two attached hydrogens (primary N) is 2. The smallest absolute Gasteiger partial charge is 0.252 e. The molecule has 0 saturated heterocycles. The van der Waals surface area contributed by atoms with Gasteiger partial charge in [-0.15, -0.1) is 0 Å². The van der Waals surface area contributed by atoms with Gasteiger partial charge in [-0.1, -0.05) is 26.7 Å². The van der Waals surface area contributed by atoms with Gasteiger partial charge in [-0.2, -0.15) is 5.10 Å². The number of nitrogens with zero attached hydrogens (tertiary/aromatic N) is 3. The lowest BCUT2D eigenvalue weighted by atomic mass is 10.0. The predicted molar refractivity (Wildman–Crippen MR) is 134 cm³/mol. The summed E-state index contributed by atoms with van der Waals surface area (Å²) in [5.41, 5.74) is 14.4. The van der Waals surface area contributed by atoms with Crippen molar-refractivity contribution >= 4 is 34.1 Å². The summed E-state index contributed by atoms with van der Waals surface area (Å²) in [6, 6.07) is 6.68. The summed E-state index contributed by atoms with van der Waals surface area (Å²) >= 11 is 0. The van der Waals surface area contributed by atoms with Gasteiger partial charge < -0.3 is 22.1 Å². The highest BCUT2D eigenvalue weighted by Gasteiger charge is 2.28. The summed E-state index contributed by atoms with van der Waals surface area (Å²) in [6.45, 7) is 8.91. The summed E-state index contributed by atoms with van der Waals surface area (Å²) in [6.07, 6.45) is 3.20. The normalized spacial score (nSPS) is 15.5. The predicted octanol–water partition coefficient (Wildman–Crippen LogP) is 4.48. The Hall–Kier alpha value is -3.20. The molecule has 0 spiro atoms. The molecule has 182 valence electrons. The lowest BCUT2D eigenvalue weighted by Crippen LogP contribution is -2.39. The summed E-state index contributed by atoms with van der Waals surface area (Å²) in [5, 5.41) is 12.1. The van der Waals surface area contributed by atoms with Crippen LogP contribution in [-0.2, 0) is 6.54 Å². The average Bonchev–Trinajstić information content (AvgIpc) is 3.52. The second kappa shape index (κ2) is 9.58. The molecule has 1 aliphatic rings. The molecule has 1 saturated carbocycles. The Labute approximate surface area is 199 Å². The van der Waals surface area contributed by atoms with Crippen LogP contribution >= 0.6 is 0 Å². The van der Waals surface area contributed by atoms with Gasteiger partial charge in [0.2, 0.25) is 0 Å². The van der Waals surface area contributed by atoms with Crippen LogP contribution in [0, 0.1) is 11.7 Å². The molecule has 0 radical (unpaired) electrons. The van der Waals surface area contributed by atoms with Crippen LogP contribution in [0.25, 0.3) is 10.9 Å². The molecule has 0 unspecified atom stereocenters. The molecular formula is C25H34FN7O. The number of pyridine rings is 1. The maximum absolute atomic E-state index is 14.9. The second-order valence-electron chi connectivity index (χ2n) is 9.58. The Morgan fingerprint density at radius 1 is 1.24 bits per heavy atom. The number of anilines is 3. The standard InChI is InChI=1S/C25H34FN7O/c1-5-33-21-9-8-16(11-17(21)22(32-33)13(2)3)29-24-18(23(28)34)12-19(26)25(31-24)30-20(14(4)27)10-15-6-7-15/h8-9,11-15,20H,5-7,10,27H2,1-4H3,(H2,28,34)(H2,29,30,31)/t14-,20+/m0/s1. The molecular weight excluding hydrogens is 433 g/mol. The number of halogens is 1. The Morgan fingerprint density at radius 3 is 2.56 bits per heavy atom. The molecule has 2 heterocycles. The SMILES string of the molecule is CCn1nc(C(C)C)c2cc(Nc3nc(N[C@H](CC4CC4)[C@H](C)N)c(F)cc3C(N)=O)ccc21. The van der Waals surface area contributed by atoms with Crippen LogP contribution in [0.5, 0.6) is 0 Å². The number of hydrogen-bond donors (Lipinski definition) is 4. The molecule has 0 bridgehead atoms. The minimum Gasteiger partial charge on any atom is -0.365 e. The number of fused-ring (bicyclic) bond motifs is 1. The molecule has 6 N–H and O–H groups in total. The number of hydrogen-bond acceptors (Lipinski definition) is 6. The molecule has 34 heavy (non-hydrogen) atoms. The van der Waals surface area contributed by atoms with E-state index in [4.69, 9.17) is 16.6 Å². The van der Waals surface area contributed by atoms with Crippen LogP contribution < -0.4 is 22.1 Å². The van der Waals surface area contributed by atoms with Crippen LogP contribution in [0.4, 0.5) is 21.7 Å². The first-order valence-corrected chi connectivity index (χ1v) is 12.0. The topological polar surface area (TPSA) is 124 Å². The van der Waals surface area contributed by atoms with Crippen molar-refractivity contribution in [1.29, 1.82) is 0 Å². The van der Waals surface area contributed by atoms with Crippen molar-refractivity contribution in [2.24, 2.45) is 17.4 Å². The van der Waals surface area contributed by atoms with Gasteiger partial charge in [0.1, 0.15) is 5.82 Å². The number of carbonyl (C=O) groups is 1. The Bertz CT molecular complexity index is 1200. The van der Waals surface area contributed by atoms with E-state index in [-0.39, 0.29) is 35.2 Å². The van der Waals surface area contributed by atoms with Crippen LogP contribution in [0.1, 0.15) is 68.9 Å². The molecule has 1 fully saturated rings. The van der Waals surface area contributed by atoms with E-state index >= 15 is 0 Å². The zero-order valence-electron chi connectivity index (χ0n) is 20.2. The first kappa shape index (κ1) is 23.9. The summed E-state index contributed by atoms with van der Waals surface area (Å²) in [7, 11) is 0. The van der Waals surface area contributed by atoms with Crippen LogP contribution in [0.2, 0.25) is 0 Å². The maximum Gasteiger partial charge on any atom is 0.252 e. The molecule has 4 rings (SSSR count). The number of benzene rings is 1. The van der Waals surface area contributed by atoms with Gasteiger partial charge in [0.15, 0.2) is 11.6 Å². The largest absolute Gasteiger partial charge is 0.365 e. The third-order valence-corrected chi connectivity index (χ3v) is 6.37. The Kier molecular flexibility index (Phi) is 6.74. The van der Waals surface area contributed by atoms with Crippen molar-refractivity contribution in [1.82, 2.24) is 14.8 Å². The molecule has 1 amide bonds. The lowest BCUT2D eigenvalue weighted by Gasteiger charge is -2.24. The van der Waals surface area contributed by atoms with Gasteiger partial charge in [0, 0.05) is 29.7 Å². The second-order valence-corrected chi connectivity index (χ2v) is 9.58. The molecule has 1 aliphatic carbocycles. The number of aromatic nitrogens is 3. The van der Waals surface area contributed by atoms with Gasteiger partial charge in [-0.3, -0.25) is 9.48 Å². The zero-order valence-corrected chi connectivity index (χ0v) is 20.2. The fraction of sp³-hybridized carbons (Fsp3) is 0.480. The summed E-state index contributed by atoms with van der Waals surface area (Å²) in [4.78, 5) is 16.5. The average molecular weight is 468 g/mol. The van der Waals surface area contributed by atoms with Crippen molar-refractivity contribution in [3.8, 4) is 0 Å². The van der Waals surface area contributed by atoms with E-state index in [1.165, 1.54) is 12.8 Å². The van der Waals surface area contributed by atoms with Crippen LogP contribution in [-0.4, -0.2) is 32.8 Å². The van der Waals surface area contributed by atoms with Gasteiger partial charge in [0.05, 0.1) is 16.8 Å². The Balaban J connectivity index is 1.70.